The van der Waals surface area contributed by atoms with Crippen LogP contribution in [0.2, 0.25) is 0 Å². The summed E-state index contributed by atoms with van der Waals surface area (Å²) in [5.41, 5.74) is 0. The van der Waals surface area contributed by atoms with Crippen LogP contribution >= 0.6 is 0 Å². The van der Waals surface area contributed by atoms with Crippen molar-refractivity contribution >= 4 is 0 Å². The fourth-order valence-electron chi connectivity index (χ4n) is 0.346. The quantitative estimate of drug-likeness (QED) is 0.507. The van der Waals surface area contributed by atoms with E-state index in [4.69, 9.17) is 5.90 Å². The summed E-state index contributed by atoms with van der Waals surface area (Å²) in [6.07, 6.45) is 3.10. The third kappa shape index (κ3) is 0.913. The molecule has 0 aliphatic rings. The zero-order chi connectivity index (χ0) is 5.82. The Bertz CT molecular complexity index is 153. The summed E-state index contributed by atoms with van der Waals surface area (Å²) in [5, 5.41) is 0. The molecule has 0 radical (unpaired) electrons. The summed E-state index contributed by atoms with van der Waals surface area (Å²) in [6.45, 7) is 0. The summed E-state index contributed by atoms with van der Waals surface area (Å²) >= 11 is 0. The highest BCUT2D eigenvalue weighted by atomic mass is 16.6. The van der Waals surface area contributed by atoms with Crippen LogP contribution in [0.15, 0.2) is 18.5 Å². The highest BCUT2D eigenvalue weighted by molar-refractivity contribution is 4.91. The molecule has 0 aliphatic heterocycles. The van der Waals surface area contributed by atoms with Crippen molar-refractivity contribution in [3.8, 4) is 6.01 Å². The molecule has 8 heavy (non-hydrogen) atoms. The Morgan fingerprint density at radius 2 is 2.00 bits per heavy atom. The monoisotopic (exact) mass is 111 g/mol. The van der Waals surface area contributed by atoms with E-state index < -0.39 is 0 Å². The predicted molar refractivity (Wildman–Crippen MR) is 26.8 cm³/mol. The highest BCUT2D eigenvalue weighted by Crippen LogP contribution is 1.91. The second kappa shape index (κ2) is 2.23. The van der Waals surface area contributed by atoms with Crippen LogP contribution in [0.4, 0.5) is 0 Å². The van der Waals surface area contributed by atoms with Gasteiger partial charge < -0.3 is 4.84 Å². The van der Waals surface area contributed by atoms with Gasteiger partial charge in [-0.25, -0.2) is 9.97 Å². The SMILES string of the molecule is NOc1ncccn1. The van der Waals surface area contributed by atoms with Gasteiger partial charge in [0.15, 0.2) is 0 Å². The molecule has 2 N–H and O–H groups in total. The van der Waals surface area contributed by atoms with E-state index in [1.807, 2.05) is 0 Å². The van der Waals surface area contributed by atoms with Crippen LogP contribution in [-0.2, 0) is 0 Å². The van der Waals surface area contributed by atoms with Crippen LogP contribution < -0.4 is 10.7 Å². The van der Waals surface area contributed by atoms with Gasteiger partial charge in [0.2, 0.25) is 0 Å². The first-order chi connectivity index (χ1) is 3.93. The number of hydrogen-bond donors (Lipinski definition) is 1. The summed E-state index contributed by atoms with van der Waals surface area (Å²) in [7, 11) is 0. The van der Waals surface area contributed by atoms with Gasteiger partial charge in [0, 0.05) is 12.4 Å². The van der Waals surface area contributed by atoms with Crippen molar-refractivity contribution < 1.29 is 4.84 Å². The number of nitrogens with two attached hydrogens (primary N) is 1. The van der Waals surface area contributed by atoms with E-state index in [0.29, 0.717) is 0 Å². The molecule has 1 aromatic rings. The van der Waals surface area contributed by atoms with Crippen LogP contribution in [0, 0.1) is 0 Å². The van der Waals surface area contributed by atoms with Gasteiger partial charge >= 0.3 is 6.01 Å². The topological polar surface area (TPSA) is 61.0 Å². The van der Waals surface area contributed by atoms with Crippen molar-refractivity contribution in [2.45, 2.75) is 0 Å². The molecule has 0 saturated heterocycles. The standard InChI is InChI=1S/C4H5N3O/c5-8-4-6-2-1-3-7-4/h1-3H,5H2. The number of rotatable bonds is 1. The zero-order valence-corrected chi connectivity index (χ0v) is 4.11. The maximum atomic E-state index is 4.72. The van der Waals surface area contributed by atoms with Gasteiger partial charge in [-0.3, -0.25) is 0 Å². The van der Waals surface area contributed by atoms with Gasteiger partial charge in [0.05, 0.1) is 0 Å². The third-order valence-corrected chi connectivity index (χ3v) is 0.647. The van der Waals surface area contributed by atoms with Gasteiger partial charge in [0.1, 0.15) is 0 Å². The average Bonchev–Trinajstić information content (AvgIpc) is 1.90. The Hall–Kier alpha value is -1.16. The fourth-order valence-corrected chi connectivity index (χ4v) is 0.346. The van der Waals surface area contributed by atoms with Crippen LogP contribution in [0.5, 0.6) is 6.01 Å². The van der Waals surface area contributed by atoms with Crippen molar-refractivity contribution in [1.82, 2.24) is 9.97 Å². The second-order valence-corrected chi connectivity index (χ2v) is 1.15. The highest BCUT2D eigenvalue weighted by Gasteiger charge is 1.85. The molecule has 0 bridgehead atoms. The van der Waals surface area contributed by atoms with Gasteiger partial charge in [-0.2, -0.15) is 5.90 Å². The van der Waals surface area contributed by atoms with Crippen molar-refractivity contribution in [3.05, 3.63) is 18.5 Å². The summed E-state index contributed by atoms with van der Waals surface area (Å²) in [5.74, 6) is 4.72. The Labute approximate surface area is 46.3 Å². The van der Waals surface area contributed by atoms with Crippen molar-refractivity contribution in [3.63, 3.8) is 0 Å². The first-order valence-corrected chi connectivity index (χ1v) is 2.07. The Kier molecular flexibility index (Phi) is 1.39. The molecule has 1 aromatic heterocycles. The molecule has 4 heteroatoms. The molecule has 0 saturated carbocycles. The number of nitrogens with zero attached hydrogens (tertiary/aromatic N) is 2. The van der Waals surface area contributed by atoms with Crippen molar-refractivity contribution in [1.29, 1.82) is 0 Å². The maximum absolute atomic E-state index is 4.72. The molecule has 0 fully saturated rings. The largest absolute Gasteiger partial charge is 0.371 e. The molecule has 4 nitrogen and oxygen atoms in total. The third-order valence-electron chi connectivity index (χ3n) is 0.647. The fraction of sp³-hybridized carbons (Fsp3) is 0. The molecule has 0 amide bonds. The van der Waals surface area contributed by atoms with E-state index in [2.05, 4.69) is 14.8 Å². The van der Waals surface area contributed by atoms with Crippen LogP contribution in [-0.4, -0.2) is 9.97 Å². The normalized spacial score (nSPS) is 8.62. The van der Waals surface area contributed by atoms with Crippen LogP contribution in [0.1, 0.15) is 0 Å². The number of aromatic nitrogens is 2. The molecule has 0 spiro atoms. The van der Waals surface area contributed by atoms with Gasteiger partial charge in [-0.05, 0) is 6.07 Å². The minimum Gasteiger partial charge on any atom is -0.371 e. The van der Waals surface area contributed by atoms with Crippen LogP contribution in [0.25, 0.3) is 0 Å². The molecule has 0 aromatic carbocycles. The van der Waals surface area contributed by atoms with E-state index in [-0.39, 0.29) is 6.01 Å². The van der Waals surface area contributed by atoms with E-state index >= 15 is 0 Å². The molecule has 42 valence electrons. The van der Waals surface area contributed by atoms with Crippen molar-refractivity contribution in [2.75, 3.05) is 0 Å². The van der Waals surface area contributed by atoms with Crippen LogP contribution in [0.3, 0.4) is 0 Å². The van der Waals surface area contributed by atoms with E-state index in [1.54, 1.807) is 18.5 Å². The molecule has 1 heterocycles. The lowest BCUT2D eigenvalue weighted by molar-refractivity contribution is 0.306. The molecule has 0 atom stereocenters. The Morgan fingerprint density at radius 3 is 2.38 bits per heavy atom. The first-order valence-electron chi connectivity index (χ1n) is 2.07. The minimum atomic E-state index is 0.188. The predicted octanol–water partition coefficient (Wildman–Crippen LogP) is -0.271. The first kappa shape index (κ1) is 4.99. The number of hydrogen-bond acceptors (Lipinski definition) is 4. The van der Waals surface area contributed by atoms with Crippen molar-refractivity contribution in [2.24, 2.45) is 5.90 Å². The lowest BCUT2D eigenvalue weighted by Crippen LogP contribution is -2.04. The van der Waals surface area contributed by atoms with E-state index in [1.165, 1.54) is 0 Å². The molecule has 1 rings (SSSR count). The Morgan fingerprint density at radius 1 is 1.38 bits per heavy atom. The second-order valence-electron chi connectivity index (χ2n) is 1.15. The van der Waals surface area contributed by atoms with E-state index in [0.717, 1.165) is 0 Å². The van der Waals surface area contributed by atoms with Gasteiger partial charge in [0.25, 0.3) is 0 Å². The Balaban J connectivity index is 2.83. The van der Waals surface area contributed by atoms with Gasteiger partial charge in [-0.1, -0.05) is 0 Å². The summed E-state index contributed by atoms with van der Waals surface area (Å²) in [6, 6.07) is 1.87. The lowest BCUT2D eigenvalue weighted by atomic mass is 10.7. The molecule has 0 unspecified atom stereocenters. The molecule has 0 aliphatic carbocycles. The minimum absolute atomic E-state index is 0.188. The molecular weight excluding hydrogens is 106 g/mol. The summed E-state index contributed by atoms with van der Waals surface area (Å²) < 4.78 is 0. The smallest absolute Gasteiger partial charge is 0.335 e. The lowest BCUT2D eigenvalue weighted by Gasteiger charge is -1.89. The van der Waals surface area contributed by atoms with E-state index in [9.17, 15) is 0 Å². The van der Waals surface area contributed by atoms with Gasteiger partial charge in [-0.15, -0.1) is 0 Å². The maximum Gasteiger partial charge on any atom is 0.335 e. The summed E-state index contributed by atoms with van der Waals surface area (Å²) in [4.78, 5) is 11.5. The zero-order valence-electron chi connectivity index (χ0n) is 4.11. The molecular formula is C4H5N3O. The average molecular weight is 111 g/mol.